The van der Waals surface area contributed by atoms with E-state index in [0.29, 0.717) is 5.56 Å². The van der Waals surface area contributed by atoms with Crippen LogP contribution in [0.3, 0.4) is 0 Å². The highest BCUT2D eigenvalue weighted by Crippen LogP contribution is 2.51. The Morgan fingerprint density at radius 1 is 0.500 bits per heavy atom. The molecule has 0 unspecified atom stereocenters. The van der Waals surface area contributed by atoms with Gasteiger partial charge in [0.05, 0.1) is 11.6 Å². The summed E-state index contributed by atoms with van der Waals surface area (Å²) in [4.78, 5) is 0. The zero-order chi connectivity index (χ0) is 27.8. The van der Waals surface area contributed by atoms with Gasteiger partial charge in [-0.15, -0.1) is 11.3 Å². The van der Waals surface area contributed by atoms with Crippen LogP contribution in [-0.4, -0.2) is 0 Å². The second-order valence-electron chi connectivity index (χ2n) is 10.7. The summed E-state index contributed by atoms with van der Waals surface area (Å²) in [6, 6.07) is 46.9. The van der Waals surface area contributed by atoms with Crippen molar-refractivity contribution >= 4 is 75.0 Å². The standard InChI is InChI=1S/C39H21NOS/c40-22-23-11-1-2-12-24(23)35-27-15-3-5-17-29(27)36(30-18-6-4-16-28(30)35)37-38-31(25-13-7-9-19-33(25)41-38)21-32-26-14-8-10-20-34(26)42-39(32)37/h1-21H. The van der Waals surface area contributed by atoms with Crippen molar-refractivity contribution < 1.29 is 4.42 Å². The lowest BCUT2D eigenvalue weighted by Crippen LogP contribution is -1.93. The normalized spacial score (nSPS) is 11.8. The highest BCUT2D eigenvalue weighted by molar-refractivity contribution is 7.26. The van der Waals surface area contributed by atoms with Gasteiger partial charge in [0.15, 0.2) is 0 Å². The lowest BCUT2D eigenvalue weighted by Gasteiger charge is -2.19. The lowest BCUT2D eigenvalue weighted by molar-refractivity contribution is 0.670. The number of thiophene rings is 1. The summed E-state index contributed by atoms with van der Waals surface area (Å²) >= 11 is 1.83. The van der Waals surface area contributed by atoms with E-state index in [9.17, 15) is 5.26 Å². The Labute approximate surface area is 245 Å². The van der Waals surface area contributed by atoms with Gasteiger partial charge in [0.1, 0.15) is 11.2 Å². The molecule has 0 amide bonds. The van der Waals surface area contributed by atoms with Crippen molar-refractivity contribution in [3.63, 3.8) is 0 Å². The van der Waals surface area contributed by atoms with Gasteiger partial charge in [-0.25, -0.2) is 0 Å². The van der Waals surface area contributed by atoms with E-state index in [-0.39, 0.29) is 0 Å². The van der Waals surface area contributed by atoms with Crippen LogP contribution >= 0.6 is 11.3 Å². The maximum Gasteiger partial charge on any atom is 0.144 e. The molecule has 3 heteroatoms. The Balaban J connectivity index is 1.56. The summed E-state index contributed by atoms with van der Waals surface area (Å²) < 4.78 is 9.24. The Morgan fingerprint density at radius 3 is 1.79 bits per heavy atom. The van der Waals surface area contributed by atoms with E-state index < -0.39 is 0 Å². The van der Waals surface area contributed by atoms with Crippen LogP contribution in [-0.2, 0) is 0 Å². The van der Waals surface area contributed by atoms with E-state index in [1.54, 1.807) is 0 Å². The molecule has 194 valence electrons. The quantitative estimate of drug-likeness (QED) is 0.200. The molecular weight excluding hydrogens is 531 g/mol. The molecule has 0 N–H and O–H groups in total. The molecule has 0 aliphatic rings. The van der Waals surface area contributed by atoms with Gasteiger partial charge in [-0.2, -0.15) is 5.26 Å². The Hall–Kier alpha value is -5.43. The molecule has 42 heavy (non-hydrogen) atoms. The zero-order valence-corrected chi connectivity index (χ0v) is 23.2. The average Bonchev–Trinajstić information content (AvgIpc) is 3.61. The summed E-state index contributed by atoms with van der Waals surface area (Å²) in [6.07, 6.45) is 0. The van der Waals surface area contributed by atoms with Crippen molar-refractivity contribution in [2.45, 2.75) is 0 Å². The number of rotatable bonds is 2. The first kappa shape index (κ1) is 23.3. The summed E-state index contributed by atoms with van der Waals surface area (Å²) in [5, 5.41) is 19.4. The Kier molecular flexibility index (Phi) is 4.87. The molecular formula is C39H21NOS. The van der Waals surface area contributed by atoms with Gasteiger partial charge >= 0.3 is 0 Å². The van der Waals surface area contributed by atoms with Gasteiger partial charge < -0.3 is 4.42 Å². The molecule has 0 aliphatic heterocycles. The van der Waals surface area contributed by atoms with Crippen LogP contribution in [0.2, 0.25) is 0 Å². The van der Waals surface area contributed by atoms with Gasteiger partial charge in [0.25, 0.3) is 0 Å². The monoisotopic (exact) mass is 551 g/mol. The van der Waals surface area contributed by atoms with Crippen LogP contribution in [0.1, 0.15) is 5.56 Å². The Morgan fingerprint density at radius 2 is 1.07 bits per heavy atom. The number of hydrogen-bond donors (Lipinski definition) is 0. The zero-order valence-electron chi connectivity index (χ0n) is 22.4. The van der Waals surface area contributed by atoms with Crippen molar-refractivity contribution in [1.29, 1.82) is 5.26 Å². The lowest BCUT2D eigenvalue weighted by atomic mass is 9.84. The fourth-order valence-electron chi connectivity index (χ4n) is 6.75. The molecule has 0 spiro atoms. The highest BCUT2D eigenvalue weighted by atomic mass is 32.1. The second kappa shape index (κ2) is 8.78. The van der Waals surface area contributed by atoms with E-state index in [1.807, 2.05) is 35.6 Å². The molecule has 0 radical (unpaired) electrons. The van der Waals surface area contributed by atoms with Crippen LogP contribution in [0, 0.1) is 11.3 Å². The van der Waals surface area contributed by atoms with Gasteiger partial charge in [0.2, 0.25) is 0 Å². The molecule has 7 aromatic carbocycles. The van der Waals surface area contributed by atoms with E-state index in [1.165, 1.54) is 25.7 Å². The minimum Gasteiger partial charge on any atom is -0.455 e. The van der Waals surface area contributed by atoms with Gasteiger partial charge in [-0.3, -0.25) is 0 Å². The fourth-order valence-corrected chi connectivity index (χ4v) is 7.98. The minimum absolute atomic E-state index is 0.673. The number of nitriles is 1. The van der Waals surface area contributed by atoms with Crippen molar-refractivity contribution in [2.24, 2.45) is 0 Å². The highest BCUT2D eigenvalue weighted by Gasteiger charge is 2.24. The number of fused-ring (bicyclic) bond motifs is 8. The largest absolute Gasteiger partial charge is 0.455 e. The molecule has 2 aromatic heterocycles. The predicted octanol–water partition coefficient (Wildman–Crippen LogP) is 11.5. The van der Waals surface area contributed by atoms with Crippen molar-refractivity contribution in [3.05, 3.63) is 133 Å². The molecule has 2 nitrogen and oxygen atoms in total. The van der Waals surface area contributed by atoms with Crippen molar-refractivity contribution in [3.8, 4) is 28.3 Å². The van der Waals surface area contributed by atoms with Crippen LogP contribution in [0.4, 0.5) is 0 Å². The molecule has 0 saturated carbocycles. The third-order valence-electron chi connectivity index (χ3n) is 8.51. The first-order valence-corrected chi connectivity index (χ1v) is 14.8. The van der Waals surface area contributed by atoms with Gasteiger partial charge in [-0.1, -0.05) is 103 Å². The van der Waals surface area contributed by atoms with Crippen molar-refractivity contribution in [1.82, 2.24) is 0 Å². The molecule has 0 saturated heterocycles. The predicted molar refractivity (Wildman–Crippen MR) is 177 cm³/mol. The van der Waals surface area contributed by atoms with Crippen molar-refractivity contribution in [2.75, 3.05) is 0 Å². The van der Waals surface area contributed by atoms with E-state index in [2.05, 4.69) is 109 Å². The number of hydrogen-bond acceptors (Lipinski definition) is 3. The summed E-state index contributed by atoms with van der Waals surface area (Å²) in [6.45, 7) is 0. The molecule has 2 heterocycles. The van der Waals surface area contributed by atoms with Gasteiger partial charge in [-0.05, 0) is 51.4 Å². The smallest absolute Gasteiger partial charge is 0.144 e. The molecule has 0 fully saturated rings. The minimum atomic E-state index is 0.673. The van der Waals surface area contributed by atoms with E-state index >= 15 is 0 Å². The van der Waals surface area contributed by atoms with Crippen LogP contribution < -0.4 is 0 Å². The molecule has 0 aliphatic carbocycles. The summed E-state index contributed by atoms with van der Waals surface area (Å²) in [7, 11) is 0. The number of benzene rings is 7. The van der Waals surface area contributed by atoms with Crippen LogP contribution in [0.5, 0.6) is 0 Å². The van der Waals surface area contributed by atoms with Gasteiger partial charge in [0, 0.05) is 47.6 Å². The third kappa shape index (κ3) is 3.13. The van der Waals surface area contributed by atoms with E-state index in [4.69, 9.17) is 4.42 Å². The molecule has 0 atom stereocenters. The summed E-state index contributed by atoms with van der Waals surface area (Å²) in [5.74, 6) is 0. The molecule has 9 rings (SSSR count). The molecule has 0 bridgehead atoms. The third-order valence-corrected chi connectivity index (χ3v) is 9.71. The number of nitrogens with zero attached hydrogens (tertiary/aromatic N) is 1. The average molecular weight is 552 g/mol. The van der Waals surface area contributed by atoms with Crippen LogP contribution in [0.25, 0.3) is 85.9 Å². The SMILES string of the molecule is N#Cc1ccccc1-c1c2ccccc2c(-c2c3oc4ccccc4c3cc3c2sc2ccccc23)c2ccccc12. The number of furan rings is 1. The maximum atomic E-state index is 10.1. The maximum absolute atomic E-state index is 10.1. The van der Waals surface area contributed by atoms with E-state index in [0.717, 1.165) is 60.2 Å². The fraction of sp³-hybridized carbons (Fsp3) is 0. The van der Waals surface area contributed by atoms with Crippen LogP contribution in [0.15, 0.2) is 132 Å². The first-order valence-electron chi connectivity index (χ1n) is 14.0. The summed E-state index contributed by atoms with van der Waals surface area (Å²) in [5.41, 5.74) is 6.82. The Bertz CT molecular complexity index is 2450. The second-order valence-corrected chi connectivity index (χ2v) is 11.8. The molecule has 9 aromatic rings. The first-order chi connectivity index (χ1) is 20.8. The number of para-hydroxylation sites is 1. The topological polar surface area (TPSA) is 36.9 Å².